The van der Waals surface area contributed by atoms with Crippen LogP contribution in [0.4, 0.5) is 4.39 Å². The van der Waals surface area contributed by atoms with E-state index in [-0.39, 0.29) is 29.8 Å². The molecule has 1 aromatic carbocycles. The molecule has 3 rings (SSSR count). The number of aliphatic imine (C=N–C) groups is 1. The predicted molar refractivity (Wildman–Crippen MR) is 132 cm³/mol. The number of rotatable bonds is 10. The van der Waals surface area contributed by atoms with E-state index in [1.807, 2.05) is 31.3 Å². The minimum atomic E-state index is -0.236. The monoisotopic (exact) mass is 541 g/mol. The zero-order valence-corrected chi connectivity index (χ0v) is 20.1. The lowest BCUT2D eigenvalue weighted by Crippen LogP contribution is -2.38. The molecule has 2 heterocycles. The molecule has 0 saturated carbocycles. The highest BCUT2D eigenvalue weighted by Crippen LogP contribution is 2.19. The Morgan fingerprint density at radius 1 is 1.19 bits per heavy atom. The van der Waals surface area contributed by atoms with Crippen molar-refractivity contribution in [2.75, 3.05) is 33.4 Å². The van der Waals surface area contributed by atoms with Crippen molar-refractivity contribution < 1.29 is 13.9 Å². The number of guanidine groups is 1. The fourth-order valence-electron chi connectivity index (χ4n) is 3.01. The predicted octanol–water partition coefficient (Wildman–Crippen LogP) is 3.64. The average Bonchev–Trinajstić information content (AvgIpc) is 3.15. The Morgan fingerprint density at radius 2 is 2.06 bits per heavy atom. The zero-order valence-electron chi connectivity index (χ0n) is 17.8. The molecule has 0 atom stereocenters. The SMILES string of the molecule is CCNC(=NCc1ccc(OCCOC)nc1)NCCc1c[nH]c2cc(F)ccc12.I. The third kappa shape index (κ3) is 7.66. The van der Waals surface area contributed by atoms with Gasteiger partial charge >= 0.3 is 0 Å². The number of nitrogens with one attached hydrogen (secondary N) is 3. The van der Waals surface area contributed by atoms with E-state index in [1.165, 1.54) is 12.1 Å². The van der Waals surface area contributed by atoms with Crippen molar-refractivity contribution in [1.82, 2.24) is 20.6 Å². The molecule has 7 nitrogen and oxygen atoms in total. The molecular formula is C22H29FIN5O2. The van der Waals surface area contributed by atoms with Crippen LogP contribution in [0.2, 0.25) is 0 Å². The van der Waals surface area contributed by atoms with Crippen LogP contribution in [-0.4, -0.2) is 49.3 Å². The van der Waals surface area contributed by atoms with Crippen LogP contribution in [0.15, 0.2) is 47.7 Å². The van der Waals surface area contributed by atoms with Gasteiger partial charge < -0.3 is 25.1 Å². The minimum Gasteiger partial charge on any atom is -0.475 e. The van der Waals surface area contributed by atoms with Gasteiger partial charge in [0.1, 0.15) is 12.4 Å². The van der Waals surface area contributed by atoms with E-state index in [2.05, 4.69) is 25.6 Å². The molecule has 0 aliphatic heterocycles. The molecule has 0 unspecified atom stereocenters. The molecule has 31 heavy (non-hydrogen) atoms. The number of fused-ring (bicyclic) bond motifs is 1. The summed E-state index contributed by atoms with van der Waals surface area (Å²) in [6, 6.07) is 8.60. The molecule has 0 amide bonds. The van der Waals surface area contributed by atoms with Crippen LogP contribution in [0.25, 0.3) is 10.9 Å². The second-order valence-corrected chi connectivity index (χ2v) is 6.72. The smallest absolute Gasteiger partial charge is 0.213 e. The number of nitrogens with zero attached hydrogens (tertiary/aromatic N) is 2. The van der Waals surface area contributed by atoms with Crippen LogP contribution < -0.4 is 15.4 Å². The Morgan fingerprint density at radius 3 is 2.81 bits per heavy atom. The third-order valence-electron chi connectivity index (χ3n) is 4.52. The summed E-state index contributed by atoms with van der Waals surface area (Å²) in [6.45, 7) is 5.01. The molecule has 0 fully saturated rings. The molecule has 9 heteroatoms. The number of aromatic amines is 1. The van der Waals surface area contributed by atoms with Gasteiger partial charge in [-0.05, 0) is 42.7 Å². The van der Waals surface area contributed by atoms with Crippen LogP contribution in [0, 0.1) is 5.82 Å². The lowest BCUT2D eigenvalue weighted by atomic mass is 10.1. The van der Waals surface area contributed by atoms with Gasteiger partial charge in [-0.25, -0.2) is 14.4 Å². The van der Waals surface area contributed by atoms with Crippen molar-refractivity contribution in [3.8, 4) is 5.88 Å². The Bertz CT molecular complexity index is 962. The quantitative estimate of drug-likeness (QED) is 0.158. The molecule has 0 radical (unpaired) electrons. The number of ether oxygens (including phenoxy) is 2. The summed E-state index contributed by atoms with van der Waals surface area (Å²) >= 11 is 0. The first-order chi connectivity index (χ1) is 14.7. The van der Waals surface area contributed by atoms with Gasteiger partial charge in [0.15, 0.2) is 5.96 Å². The Balaban J connectivity index is 0.00000341. The molecule has 0 aliphatic carbocycles. The highest BCUT2D eigenvalue weighted by atomic mass is 127. The highest BCUT2D eigenvalue weighted by molar-refractivity contribution is 14.0. The maximum atomic E-state index is 13.3. The first-order valence-corrected chi connectivity index (χ1v) is 10.0. The van der Waals surface area contributed by atoms with Crippen molar-refractivity contribution in [1.29, 1.82) is 0 Å². The normalized spacial score (nSPS) is 11.3. The zero-order chi connectivity index (χ0) is 21.2. The van der Waals surface area contributed by atoms with Crippen LogP contribution >= 0.6 is 24.0 Å². The van der Waals surface area contributed by atoms with E-state index in [0.717, 1.165) is 41.0 Å². The number of hydrogen-bond donors (Lipinski definition) is 3. The number of benzene rings is 1. The van der Waals surface area contributed by atoms with E-state index in [1.54, 1.807) is 13.3 Å². The summed E-state index contributed by atoms with van der Waals surface area (Å²) in [4.78, 5) is 12.0. The van der Waals surface area contributed by atoms with E-state index in [9.17, 15) is 4.39 Å². The fourth-order valence-corrected chi connectivity index (χ4v) is 3.01. The number of halogens is 2. The van der Waals surface area contributed by atoms with Crippen LogP contribution in [0.5, 0.6) is 5.88 Å². The van der Waals surface area contributed by atoms with Gasteiger partial charge in [0.2, 0.25) is 5.88 Å². The van der Waals surface area contributed by atoms with Crippen LogP contribution in [-0.2, 0) is 17.7 Å². The van der Waals surface area contributed by atoms with Crippen molar-refractivity contribution in [2.45, 2.75) is 19.9 Å². The van der Waals surface area contributed by atoms with Crippen LogP contribution in [0.3, 0.4) is 0 Å². The number of hydrogen-bond acceptors (Lipinski definition) is 4. The Kier molecular flexibility index (Phi) is 10.5. The lowest BCUT2D eigenvalue weighted by molar-refractivity contribution is 0.143. The van der Waals surface area contributed by atoms with E-state index >= 15 is 0 Å². The molecule has 2 aromatic heterocycles. The van der Waals surface area contributed by atoms with Crippen molar-refractivity contribution in [3.05, 3.63) is 59.7 Å². The molecule has 3 N–H and O–H groups in total. The summed E-state index contributed by atoms with van der Waals surface area (Å²) < 4.78 is 23.8. The second kappa shape index (κ2) is 13.1. The number of H-pyrrole nitrogens is 1. The van der Waals surface area contributed by atoms with Gasteiger partial charge in [0, 0.05) is 49.6 Å². The fraction of sp³-hybridized carbons (Fsp3) is 0.364. The standard InChI is InChI=1S/C22H28FN5O2.HI/c1-3-24-22(28-14-16-4-7-21(27-13-16)30-11-10-29-2)25-9-8-17-15-26-20-12-18(23)5-6-19(17)20;/h4-7,12-13,15,26H,3,8-11,14H2,1-2H3,(H2,24,25,28);1H. The van der Waals surface area contributed by atoms with Gasteiger partial charge in [-0.2, -0.15) is 0 Å². The highest BCUT2D eigenvalue weighted by Gasteiger charge is 2.05. The Labute approximate surface area is 198 Å². The van der Waals surface area contributed by atoms with Crippen molar-refractivity contribution in [3.63, 3.8) is 0 Å². The minimum absolute atomic E-state index is 0. The van der Waals surface area contributed by atoms with Crippen molar-refractivity contribution >= 4 is 40.8 Å². The molecule has 0 bridgehead atoms. The van der Waals surface area contributed by atoms with Gasteiger partial charge in [-0.1, -0.05) is 6.07 Å². The van der Waals surface area contributed by atoms with E-state index in [0.29, 0.717) is 32.2 Å². The maximum Gasteiger partial charge on any atom is 0.213 e. The molecule has 0 aliphatic rings. The molecule has 168 valence electrons. The number of aromatic nitrogens is 2. The summed E-state index contributed by atoms with van der Waals surface area (Å²) in [6.07, 6.45) is 4.49. The second-order valence-electron chi connectivity index (χ2n) is 6.72. The van der Waals surface area contributed by atoms with E-state index in [4.69, 9.17) is 9.47 Å². The molecule has 0 spiro atoms. The largest absolute Gasteiger partial charge is 0.475 e. The number of pyridine rings is 1. The van der Waals surface area contributed by atoms with Gasteiger partial charge in [-0.3, -0.25) is 0 Å². The topological polar surface area (TPSA) is 83.6 Å². The molecule has 0 saturated heterocycles. The van der Waals surface area contributed by atoms with Gasteiger partial charge in [-0.15, -0.1) is 24.0 Å². The average molecular weight is 541 g/mol. The number of methoxy groups -OCH3 is 1. The van der Waals surface area contributed by atoms with Gasteiger partial charge in [0.05, 0.1) is 13.2 Å². The summed E-state index contributed by atoms with van der Waals surface area (Å²) in [7, 11) is 1.63. The summed E-state index contributed by atoms with van der Waals surface area (Å²) in [5, 5.41) is 7.63. The maximum absolute atomic E-state index is 13.3. The first-order valence-electron chi connectivity index (χ1n) is 10.0. The van der Waals surface area contributed by atoms with Crippen LogP contribution in [0.1, 0.15) is 18.1 Å². The van der Waals surface area contributed by atoms with Crippen molar-refractivity contribution in [2.24, 2.45) is 4.99 Å². The van der Waals surface area contributed by atoms with Gasteiger partial charge in [0.25, 0.3) is 0 Å². The summed E-state index contributed by atoms with van der Waals surface area (Å²) in [5.41, 5.74) is 2.94. The lowest BCUT2D eigenvalue weighted by Gasteiger charge is -2.11. The van der Waals surface area contributed by atoms with E-state index < -0.39 is 0 Å². The molecular weight excluding hydrogens is 512 g/mol. The summed E-state index contributed by atoms with van der Waals surface area (Å²) in [5.74, 6) is 1.08. The first kappa shape index (κ1) is 24.9. The third-order valence-corrected chi connectivity index (χ3v) is 4.52. The Hall–Kier alpha value is -2.40. The molecule has 3 aromatic rings.